The smallest absolute Gasteiger partial charge is 0.340 e. The van der Waals surface area contributed by atoms with Gasteiger partial charge in [-0.15, -0.1) is 0 Å². The quantitative estimate of drug-likeness (QED) is 0.395. The van der Waals surface area contributed by atoms with Crippen molar-refractivity contribution in [2.45, 2.75) is 6.92 Å². The summed E-state index contributed by atoms with van der Waals surface area (Å²) < 4.78 is 5.10. The van der Waals surface area contributed by atoms with Crippen LogP contribution in [0.15, 0.2) is 78.9 Å². The predicted octanol–water partition coefficient (Wildman–Crippen LogP) is 5.98. The molecule has 1 aromatic heterocycles. The molecule has 0 radical (unpaired) electrons. The van der Waals surface area contributed by atoms with Gasteiger partial charge in [0.2, 0.25) is 0 Å². The van der Waals surface area contributed by atoms with Gasteiger partial charge in [-0.2, -0.15) is 0 Å². The highest BCUT2D eigenvalue weighted by Crippen LogP contribution is 2.27. The largest absolute Gasteiger partial charge is 0.462 e. The SMILES string of the molecule is CCOC(=O)c1ccccc1NC(=O)c1cc(-c2ccc(Cl)cc2)nc2ccccc12. The van der Waals surface area contributed by atoms with E-state index in [0.717, 1.165) is 5.56 Å². The summed E-state index contributed by atoms with van der Waals surface area (Å²) in [6.07, 6.45) is 0. The van der Waals surface area contributed by atoms with E-state index in [1.165, 1.54) is 0 Å². The number of carbonyl (C=O) groups is 2. The molecule has 0 saturated carbocycles. The van der Waals surface area contributed by atoms with Crippen LogP contribution in [0.2, 0.25) is 5.02 Å². The molecule has 1 N–H and O–H groups in total. The minimum absolute atomic E-state index is 0.251. The Hall–Kier alpha value is -3.70. The number of nitrogens with one attached hydrogen (secondary N) is 1. The van der Waals surface area contributed by atoms with Gasteiger partial charge in [-0.25, -0.2) is 9.78 Å². The van der Waals surface area contributed by atoms with Crippen LogP contribution in [-0.4, -0.2) is 23.5 Å². The summed E-state index contributed by atoms with van der Waals surface area (Å²) >= 11 is 6.01. The Balaban J connectivity index is 1.76. The first-order chi connectivity index (χ1) is 15.1. The second kappa shape index (κ2) is 8.98. The van der Waals surface area contributed by atoms with Gasteiger partial charge in [0.05, 0.1) is 34.6 Å². The first-order valence-electron chi connectivity index (χ1n) is 9.80. The molecule has 0 fully saturated rings. The Bertz CT molecular complexity index is 1270. The number of rotatable bonds is 5. The predicted molar refractivity (Wildman–Crippen MR) is 123 cm³/mol. The van der Waals surface area contributed by atoms with Crippen molar-refractivity contribution in [2.75, 3.05) is 11.9 Å². The van der Waals surface area contributed by atoms with Crippen molar-refractivity contribution in [3.8, 4) is 11.3 Å². The Kier molecular flexibility index (Phi) is 5.96. The molecule has 154 valence electrons. The number of fused-ring (bicyclic) bond motifs is 1. The summed E-state index contributed by atoms with van der Waals surface area (Å²) in [5.74, 6) is -0.828. The van der Waals surface area contributed by atoms with E-state index >= 15 is 0 Å². The molecular formula is C25H19ClN2O3. The topological polar surface area (TPSA) is 68.3 Å². The van der Waals surface area contributed by atoms with Gasteiger partial charge in [0, 0.05) is 16.0 Å². The molecule has 0 aliphatic heterocycles. The molecule has 0 aliphatic rings. The number of pyridine rings is 1. The number of halogens is 1. The second-order valence-corrected chi connectivity index (χ2v) is 7.24. The van der Waals surface area contributed by atoms with Crippen LogP contribution in [0.4, 0.5) is 5.69 Å². The van der Waals surface area contributed by atoms with E-state index in [2.05, 4.69) is 5.32 Å². The van der Waals surface area contributed by atoms with Crippen LogP contribution in [-0.2, 0) is 4.74 Å². The zero-order valence-corrected chi connectivity index (χ0v) is 17.5. The molecule has 0 bridgehead atoms. The van der Waals surface area contributed by atoms with Gasteiger partial charge in [0.1, 0.15) is 0 Å². The summed E-state index contributed by atoms with van der Waals surface area (Å²) in [5.41, 5.74) is 3.33. The number of hydrogen-bond acceptors (Lipinski definition) is 4. The van der Waals surface area contributed by atoms with E-state index < -0.39 is 5.97 Å². The monoisotopic (exact) mass is 430 g/mol. The maximum absolute atomic E-state index is 13.3. The van der Waals surface area contributed by atoms with Crippen molar-refractivity contribution >= 4 is 40.1 Å². The average molecular weight is 431 g/mol. The maximum atomic E-state index is 13.3. The van der Waals surface area contributed by atoms with Crippen molar-refractivity contribution in [3.63, 3.8) is 0 Å². The van der Waals surface area contributed by atoms with Crippen LogP contribution in [0.3, 0.4) is 0 Å². The number of anilines is 1. The minimum atomic E-state index is -0.486. The Morgan fingerprint density at radius 3 is 2.42 bits per heavy atom. The number of carbonyl (C=O) groups excluding carboxylic acids is 2. The number of hydrogen-bond donors (Lipinski definition) is 1. The standard InChI is InChI=1S/C25H19ClN2O3/c1-2-31-25(30)19-8-4-6-10-22(19)28-24(29)20-15-23(16-11-13-17(26)14-12-16)27-21-9-5-3-7-18(20)21/h3-15H,2H2,1H3,(H,28,29). The molecule has 1 amide bonds. The normalized spacial score (nSPS) is 10.6. The lowest BCUT2D eigenvalue weighted by atomic mass is 10.0. The first-order valence-corrected chi connectivity index (χ1v) is 10.2. The summed E-state index contributed by atoms with van der Waals surface area (Å²) in [4.78, 5) is 30.3. The lowest BCUT2D eigenvalue weighted by Gasteiger charge is -2.13. The lowest BCUT2D eigenvalue weighted by molar-refractivity contribution is 0.0527. The third-order valence-electron chi connectivity index (χ3n) is 4.77. The van der Waals surface area contributed by atoms with Crippen LogP contribution < -0.4 is 5.32 Å². The van der Waals surface area contributed by atoms with E-state index in [9.17, 15) is 9.59 Å². The van der Waals surface area contributed by atoms with Crippen molar-refractivity contribution < 1.29 is 14.3 Å². The summed E-state index contributed by atoms with van der Waals surface area (Å²) in [7, 11) is 0. The first kappa shape index (κ1) is 20.6. The number of nitrogens with zero attached hydrogens (tertiary/aromatic N) is 1. The third kappa shape index (κ3) is 4.42. The molecule has 5 nitrogen and oxygen atoms in total. The Labute approximate surface area is 184 Å². The number of ether oxygens (including phenoxy) is 1. The molecule has 0 aliphatic carbocycles. The van der Waals surface area contributed by atoms with Crippen LogP contribution in [0, 0.1) is 0 Å². The molecule has 0 atom stereocenters. The average Bonchev–Trinajstić information content (AvgIpc) is 2.79. The van der Waals surface area contributed by atoms with E-state index in [1.54, 1.807) is 49.4 Å². The molecular weight excluding hydrogens is 412 g/mol. The number of amides is 1. The van der Waals surface area contributed by atoms with Gasteiger partial charge in [-0.05, 0) is 43.3 Å². The molecule has 0 unspecified atom stereocenters. The molecule has 31 heavy (non-hydrogen) atoms. The molecule has 3 aromatic carbocycles. The second-order valence-electron chi connectivity index (χ2n) is 6.80. The van der Waals surface area contributed by atoms with E-state index in [0.29, 0.717) is 38.4 Å². The van der Waals surface area contributed by atoms with Gasteiger partial charge in [-0.3, -0.25) is 4.79 Å². The highest BCUT2D eigenvalue weighted by Gasteiger charge is 2.18. The molecule has 4 rings (SSSR count). The molecule has 0 saturated heterocycles. The summed E-state index contributed by atoms with van der Waals surface area (Å²) in [6.45, 7) is 1.99. The number of para-hydroxylation sites is 2. The Morgan fingerprint density at radius 1 is 0.935 bits per heavy atom. The highest BCUT2D eigenvalue weighted by molar-refractivity contribution is 6.30. The third-order valence-corrected chi connectivity index (χ3v) is 5.02. The minimum Gasteiger partial charge on any atom is -0.462 e. The van der Waals surface area contributed by atoms with Gasteiger partial charge in [-0.1, -0.05) is 54.1 Å². The number of benzene rings is 3. The van der Waals surface area contributed by atoms with Gasteiger partial charge >= 0.3 is 5.97 Å². The summed E-state index contributed by atoms with van der Waals surface area (Å²) in [5, 5.41) is 4.19. The lowest BCUT2D eigenvalue weighted by Crippen LogP contribution is -2.16. The molecule has 1 heterocycles. The Morgan fingerprint density at radius 2 is 1.65 bits per heavy atom. The number of esters is 1. The van der Waals surface area contributed by atoms with Gasteiger partial charge in [0.15, 0.2) is 0 Å². The van der Waals surface area contributed by atoms with Crippen molar-refractivity contribution in [2.24, 2.45) is 0 Å². The fraction of sp³-hybridized carbons (Fsp3) is 0.0800. The highest BCUT2D eigenvalue weighted by atomic mass is 35.5. The molecule has 4 aromatic rings. The van der Waals surface area contributed by atoms with Crippen molar-refractivity contribution in [1.29, 1.82) is 0 Å². The van der Waals surface area contributed by atoms with Gasteiger partial charge in [0.25, 0.3) is 5.91 Å². The van der Waals surface area contributed by atoms with Crippen molar-refractivity contribution in [3.05, 3.63) is 95.0 Å². The zero-order valence-electron chi connectivity index (χ0n) is 16.8. The molecule has 0 spiro atoms. The van der Waals surface area contributed by atoms with Crippen LogP contribution in [0.25, 0.3) is 22.2 Å². The van der Waals surface area contributed by atoms with E-state index in [4.69, 9.17) is 21.3 Å². The molecule has 6 heteroatoms. The fourth-order valence-electron chi connectivity index (χ4n) is 3.30. The zero-order chi connectivity index (χ0) is 21.8. The fourth-order valence-corrected chi connectivity index (χ4v) is 3.43. The van der Waals surface area contributed by atoms with E-state index in [-0.39, 0.29) is 12.5 Å². The number of aromatic nitrogens is 1. The van der Waals surface area contributed by atoms with Gasteiger partial charge < -0.3 is 10.1 Å². The maximum Gasteiger partial charge on any atom is 0.340 e. The summed E-state index contributed by atoms with van der Waals surface area (Å²) in [6, 6.07) is 23.2. The van der Waals surface area contributed by atoms with E-state index in [1.807, 2.05) is 36.4 Å². The van der Waals surface area contributed by atoms with Crippen molar-refractivity contribution in [1.82, 2.24) is 4.98 Å². The van der Waals surface area contributed by atoms with Crippen LogP contribution >= 0.6 is 11.6 Å². The van der Waals surface area contributed by atoms with Crippen LogP contribution in [0.1, 0.15) is 27.6 Å². The van der Waals surface area contributed by atoms with Crippen LogP contribution in [0.5, 0.6) is 0 Å².